The standard InChI is InChI=1S/C15H25N3O2/c1-11(2)14-16-8-13(12(9-19)17-14)18(3)10-15(20)6-4-5-7-15/h8,11,19-20H,4-7,9-10H2,1-3H3. The fourth-order valence-electron chi connectivity index (χ4n) is 2.86. The molecule has 1 saturated carbocycles. The zero-order valence-corrected chi connectivity index (χ0v) is 12.6. The first kappa shape index (κ1) is 15.2. The first-order chi connectivity index (χ1) is 9.45. The summed E-state index contributed by atoms with van der Waals surface area (Å²) >= 11 is 0. The molecule has 1 aliphatic rings. The molecule has 0 saturated heterocycles. The zero-order valence-electron chi connectivity index (χ0n) is 12.6. The highest BCUT2D eigenvalue weighted by Gasteiger charge is 2.32. The molecule has 1 aliphatic carbocycles. The number of likely N-dealkylation sites (N-methyl/N-ethyl adjacent to an activating group) is 1. The summed E-state index contributed by atoms with van der Waals surface area (Å²) in [7, 11) is 1.92. The van der Waals surface area contributed by atoms with E-state index in [4.69, 9.17) is 0 Å². The van der Waals surface area contributed by atoms with Gasteiger partial charge in [-0.05, 0) is 12.8 Å². The van der Waals surface area contributed by atoms with E-state index in [1.54, 1.807) is 6.20 Å². The van der Waals surface area contributed by atoms with Crippen LogP contribution >= 0.6 is 0 Å². The molecule has 1 fully saturated rings. The Hall–Kier alpha value is -1.20. The minimum atomic E-state index is -0.613. The van der Waals surface area contributed by atoms with Crippen molar-refractivity contribution in [2.45, 2.75) is 57.7 Å². The topological polar surface area (TPSA) is 69.5 Å². The van der Waals surface area contributed by atoms with Gasteiger partial charge in [-0.3, -0.25) is 0 Å². The van der Waals surface area contributed by atoms with Gasteiger partial charge in [0.25, 0.3) is 0 Å². The smallest absolute Gasteiger partial charge is 0.131 e. The van der Waals surface area contributed by atoms with Crippen LogP contribution in [0.3, 0.4) is 0 Å². The van der Waals surface area contributed by atoms with E-state index in [-0.39, 0.29) is 12.5 Å². The fourth-order valence-corrected chi connectivity index (χ4v) is 2.86. The predicted octanol–water partition coefficient (Wildman–Crippen LogP) is 1.83. The second kappa shape index (κ2) is 6.06. The van der Waals surface area contributed by atoms with E-state index in [1.165, 1.54) is 0 Å². The van der Waals surface area contributed by atoms with Crippen LogP contribution in [0.15, 0.2) is 6.20 Å². The number of aromatic nitrogens is 2. The molecule has 0 radical (unpaired) electrons. The number of anilines is 1. The fraction of sp³-hybridized carbons (Fsp3) is 0.733. The molecule has 112 valence electrons. The van der Waals surface area contributed by atoms with Crippen LogP contribution in [0, 0.1) is 0 Å². The van der Waals surface area contributed by atoms with Crippen molar-refractivity contribution in [3.05, 3.63) is 17.7 Å². The summed E-state index contributed by atoms with van der Waals surface area (Å²) in [5, 5.41) is 20.0. The molecule has 0 unspecified atom stereocenters. The molecular weight excluding hydrogens is 254 g/mol. The van der Waals surface area contributed by atoms with Gasteiger partial charge in [0.15, 0.2) is 0 Å². The lowest BCUT2D eigenvalue weighted by atomic mass is 10.0. The molecule has 5 nitrogen and oxygen atoms in total. The number of hydrogen-bond donors (Lipinski definition) is 2. The third-order valence-electron chi connectivity index (χ3n) is 4.01. The Kier molecular flexibility index (Phi) is 4.60. The molecule has 1 aromatic rings. The second-order valence-corrected chi connectivity index (χ2v) is 6.16. The number of rotatable bonds is 5. The molecule has 0 atom stereocenters. The Morgan fingerprint density at radius 1 is 1.35 bits per heavy atom. The molecule has 0 aliphatic heterocycles. The summed E-state index contributed by atoms with van der Waals surface area (Å²) < 4.78 is 0. The van der Waals surface area contributed by atoms with Gasteiger partial charge in [0.1, 0.15) is 5.82 Å². The van der Waals surface area contributed by atoms with E-state index < -0.39 is 5.60 Å². The van der Waals surface area contributed by atoms with Gasteiger partial charge < -0.3 is 15.1 Å². The molecule has 0 aromatic carbocycles. The predicted molar refractivity (Wildman–Crippen MR) is 78.7 cm³/mol. The first-order valence-corrected chi connectivity index (χ1v) is 7.35. The molecule has 20 heavy (non-hydrogen) atoms. The molecule has 0 bridgehead atoms. The van der Waals surface area contributed by atoms with Gasteiger partial charge in [-0.25, -0.2) is 9.97 Å². The zero-order chi connectivity index (χ0) is 14.8. The van der Waals surface area contributed by atoms with E-state index in [0.29, 0.717) is 12.2 Å². The highest BCUT2D eigenvalue weighted by molar-refractivity contribution is 5.48. The van der Waals surface area contributed by atoms with Crippen molar-refractivity contribution >= 4 is 5.69 Å². The molecule has 2 rings (SSSR count). The lowest BCUT2D eigenvalue weighted by molar-refractivity contribution is 0.0558. The van der Waals surface area contributed by atoms with Crippen molar-refractivity contribution in [1.82, 2.24) is 9.97 Å². The van der Waals surface area contributed by atoms with Crippen molar-refractivity contribution in [2.24, 2.45) is 0 Å². The Bertz CT molecular complexity index is 456. The van der Waals surface area contributed by atoms with Gasteiger partial charge in [-0.1, -0.05) is 26.7 Å². The maximum Gasteiger partial charge on any atom is 0.131 e. The van der Waals surface area contributed by atoms with Crippen molar-refractivity contribution in [3.63, 3.8) is 0 Å². The van der Waals surface area contributed by atoms with E-state index in [1.807, 2.05) is 25.8 Å². The van der Waals surface area contributed by atoms with E-state index in [9.17, 15) is 10.2 Å². The number of nitrogens with zero attached hydrogens (tertiary/aromatic N) is 3. The maximum atomic E-state index is 10.5. The minimum absolute atomic E-state index is 0.111. The van der Waals surface area contributed by atoms with Crippen LogP contribution in [0.5, 0.6) is 0 Å². The third kappa shape index (κ3) is 3.27. The summed E-state index contributed by atoms with van der Waals surface area (Å²) in [6.07, 6.45) is 5.61. The average molecular weight is 279 g/mol. The summed E-state index contributed by atoms with van der Waals surface area (Å²) in [6, 6.07) is 0. The van der Waals surface area contributed by atoms with Crippen LogP contribution in [-0.2, 0) is 6.61 Å². The SMILES string of the molecule is CC(C)c1ncc(N(C)CC2(O)CCCC2)c(CO)n1. The summed E-state index contributed by atoms with van der Waals surface area (Å²) in [5.41, 5.74) is 0.822. The van der Waals surface area contributed by atoms with Crippen LogP contribution in [0.2, 0.25) is 0 Å². The summed E-state index contributed by atoms with van der Waals surface area (Å²) in [5.74, 6) is 0.976. The lowest BCUT2D eigenvalue weighted by Gasteiger charge is -2.30. The number of aliphatic hydroxyl groups is 2. The maximum absolute atomic E-state index is 10.5. The number of aliphatic hydroxyl groups excluding tert-OH is 1. The van der Waals surface area contributed by atoms with Crippen LogP contribution in [0.1, 0.15) is 57.0 Å². The van der Waals surface area contributed by atoms with E-state index >= 15 is 0 Å². The largest absolute Gasteiger partial charge is 0.390 e. The Labute approximate surface area is 120 Å². The van der Waals surface area contributed by atoms with Gasteiger partial charge in [-0.15, -0.1) is 0 Å². The number of hydrogen-bond acceptors (Lipinski definition) is 5. The Balaban J connectivity index is 2.18. The molecule has 2 N–H and O–H groups in total. The van der Waals surface area contributed by atoms with Crippen molar-refractivity contribution in [3.8, 4) is 0 Å². The molecule has 1 heterocycles. The van der Waals surface area contributed by atoms with Gasteiger partial charge in [0.05, 0.1) is 29.8 Å². The molecule has 0 amide bonds. The molecule has 1 aromatic heterocycles. The van der Waals surface area contributed by atoms with Crippen LogP contribution in [-0.4, -0.2) is 39.4 Å². The molecule has 0 spiro atoms. The minimum Gasteiger partial charge on any atom is -0.390 e. The van der Waals surface area contributed by atoms with Crippen molar-refractivity contribution in [1.29, 1.82) is 0 Å². The summed E-state index contributed by atoms with van der Waals surface area (Å²) in [6.45, 7) is 4.51. The summed E-state index contributed by atoms with van der Waals surface area (Å²) in [4.78, 5) is 10.7. The van der Waals surface area contributed by atoms with E-state index in [2.05, 4.69) is 9.97 Å². The van der Waals surface area contributed by atoms with Crippen LogP contribution < -0.4 is 4.90 Å². The molecule has 5 heteroatoms. The highest BCUT2D eigenvalue weighted by Crippen LogP contribution is 2.31. The van der Waals surface area contributed by atoms with Gasteiger partial charge in [0.2, 0.25) is 0 Å². The Morgan fingerprint density at radius 2 is 2.00 bits per heavy atom. The van der Waals surface area contributed by atoms with Crippen molar-refractivity contribution in [2.75, 3.05) is 18.5 Å². The second-order valence-electron chi connectivity index (χ2n) is 6.16. The van der Waals surface area contributed by atoms with Crippen molar-refractivity contribution < 1.29 is 10.2 Å². The monoisotopic (exact) mass is 279 g/mol. The molecular formula is C15H25N3O2. The average Bonchev–Trinajstić information content (AvgIpc) is 2.84. The first-order valence-electron chi connectivity index (χ1n) is 7.35. The van der Waals surface area contributed by atoms with Gasteiger partial charge in [0, 0.05) is 19.5 Å². The normalized spacial score (nSPS) is 17.7. The lowest BCUT2D eigenvalue weighted by Crippen LogP contribution is -2.39. The van der Waals surface area contributed by atoms with Crippen LogP contribution in [0.4, 0.5) is 5.69 Å². The Morgan fingerprint density at radius 3 is 2.55 bits per heavy atom. The van der Waals surface area contributed by atoms with Crippen LogP contribution in [0.25, 0.3) is 0 Å². The highest BCUT2D eigenvalue weighted by atomic mass is 16.3. The van der Waals surface area contributed by atoms with Gasteiger partial charge in [-0.2, -0.15) is 0 Å². The third-order valence-corrected chi connectivity index (χ3v) is 4.01. The van der Waals surface area contributed by atoms with E-state index in [0.717, 1.165) is 37.2 Å². The quantitative estimate of drug-likeness (QED) is 0.860. The van der Waals surface area contributed by atoms with Gasteiger partial charge >= 0.3 is 0 Å².